The molecule has 1 unspecified atom stereocenters. The fourth-order valence-corrected chi connectivity index (χ4v) is 2.14. The van der Waals surface area contributed by atoms with Gasteiger partial charge < -0.3 is 10.4 Å². The highest BCUT2D eigenvalue weighted by Gasteiger charge is 2.19. The number of aliphatic carboxylic acids is 1. The number of aryl methyl sites for hydroxylation is 3. The van der Waals surface area contributed by atoms with Gasteiger partial charge in [0.05, 0.1) is 0 Å². The third-order valence-electron chi connectivity index (χ3n) is 3.44. The molecule has 0 aliphatic rings. The summed E-state index contributed by atoms with van der Waals surface area (Å²) in [5.74, 6) is -0.881. The Morgan fingerprint density at radius 1 is 1.05 bits per heavy atom. The summed E-state index contributed by atoms with van der Waals surface area (Å²) >= 11 is 0. The fourth-order valence-electron chi connectivity index (χ4n) is 2.14. The maximum absolute atomic E-state index is 11.5. The van der Waals surface area contributed by atoms with Gasteiger partial charge in [0, 0.05) is 5.69 Å². The van der Waals surface area contributed by atoms with E-state index in [0.29, 0.717) is 0 Å². The molecular formula is C17H19NO2. The zero-order valence-electron chi connectivity index (χ0n) is 12.0. The van der Waals surface area contributed by atoms with Crippen LogP contribution in [0, 0.1) is 20.8 Å². The van der Waals surface area contributed by atoms with E-state index >= 15 is 0 Å². The first-order valence-electron chi connectivity index (χ1n) is 6.60. The molecule has 0 amide bonds. The van der Waals surface area contributed by atoms with Crippen LogP contribution in [0.5, 0.6) is 0 Å². The number of carboxylic acid groups (broad SMARTS) is 1. The van der Waals surface area contributed by atoms with Gasteiger partial charge in [-0.2, -0.15) is 0 Å². The van der Waals surface area contributed by atoms with Gasteiger partial charge in [-0.05, 0) is 49.6 Å². The first-order valence-corrected chi connectivity index (χ1v) is 6.60. The Bertz CT molecular complexity index is 635. The average Bonchev–Trinajstić information content (AvgIpc) is 2.39. The van der Waals surface area contributed by atoms with Crippen molar-refractivity contribution in [2.45, 2.75) is 26.8 Å². The van der Waals surface area contributed by atoms with E-state index in [2.05, 4.69) is 5.32 Å². The van der Waals surface area contributed by atoms with Crippen molar-refractivity contribution in [3.8, 4) is 0 Å². The van der Waals surface area contributed by atoms with Crippen LogP contribution in [0.1, 0.15) is 28.3 Å². The van der Waals surface area contributed by atoms with Gasteiger partial charge in [0.2, 0.25) is 0 Å². The van der Waals surface area contributed by atoms with Crippen molar-refractivity contribution in [1.29, 1.82) is 0 Å². The minimum Gasteiger partial charge on any atom is -0.479 e. The number of hydrogen-bond acceptors (Lipinski definition) is 2. The summed E-state index contributed by atoms with van der Waals surface area (Å²) in [6.45, 7) is 6.01. The molecule has 0 aliphatic carbocycles. The maximum Gasteiger partial charge on any atom is 0.330 e. The highest BCUT2D eigenvalue weighted by Crippen LogP contribution is 2.22. The molecule has 3 heteroatoms. The van der Waals surface area contributed by atoms with Crippen LogP contribution in [0.4, 0.5) is 5.69 Å². The van der Waals surface area contributed by atoms with Gasteiger partial charge in [-0.1, -0.05) is 35.9 Å². The topological polar surface area (TPSA) is 49.3 Å². The molecule has 0 fully saturated rings. The molecule has 0 aliphatic heterocycles. The number of anilines is 1. The van der Waals surface area contributed by atoms with Gasteiger partial charge in [-0.25, -0.2) is 4.79 Å². The zero-order chi connectivity index (χ0) is 14.7. The number of benzene rings is 2. The Kier molecular flexibility index (Phi) is 4.08. The Hall–Kier alpha value is -2.29. The van der Waals surface area contributed by atoms with Crippen LogP contribution in [0.2, 0.25) is 0 Å². The van der Waals surface area contributed by atoms with Gasteiger partial charge in [0.25, 0.3) is 0 Å². The van der Waals surface area contributed by atoms with Crippen molar-refractivity contribution in [2.24, 2.45) is 0 Å². The van der Waals surface area contributed by atoms with Crippen molar-refractivity contribution < 1.29 is 9.90 Å². The molecule has 2 rings (SSSR count). The largest absolute Gasteiger partial charge is 0.479 e. The predicted molar refractivity (Wildman–Crippen MR) is 81.1 cm³/mol. The molecule has 0 aromatic heterocycles. The molecule has 2 aromatic rings. The van der Waals surface area contributed by atoms with E-state index in [0.717, 1.165) is 22.4 Å². The highest BCUT2D eigenvalue weighted by molar-refractivity contribution is 5.79. The summed E-state index contributed by atoms with van der Waals surface area (Å²) < 4.78 is 0. The molecule has 20 heavy (non-hydrogen) atoms. The molecular weight excluding hydrogens is 250 g/mol. The number of nitrogens with one attached hydrogen (secondary N) is 1. The van der Waals surface area contributed by atoms with Crippen LogP contribution < -0.4 is 5.32 Å². The summed E-state index contributed by atoms with van der Waals surface area (Å²) in [5.41, 5.74) is 4.97. The maximum atomic E-state index is 11.5. The normalized spacial score (nSPS) is 11.9. The summed E-state index contributed by atoms with van der Waals surface area (Å²) in [6.07, 6.45) is 0. The third-order valence-corrected chi connectivity index (χ3v) is 3.44. The molecule has 1 atom stereocenters. The lowest BCUT2D eigenvalue weighted by molar-refractivity contribution is -0.138. The van der Waals surface area contributed by atoms with E-state index in [9.17, 15) is 9.90 Å². The Morgan fingerprint density at radius 2 is 1.80 bits per heavy atom. The second-order valence-electron chi connectivity index (χ2n) is 5.13. The molecule has 2 N–H and O–H groups in total. The lowest BCUT2D eigenvalue weighted by Gasteiger charge is -2.17. The van der Waals surface area contributed by atoms with Crippen LogP contribution >= 0.6 is 0 Å². The standard InChI is InChI=1S/C17H19NO2/c1-11-5-4-6-14(9-11)16(17(19)20)18-15-8-7-12(2)13(3)10-15/h4-10,16,18H,1-3H3,(H,19,20). The first-order chi connectivity index (χ1) is 9.47. The Balaban J connectivity index is 2.30. The predicted octanol–water partition coefficient (Wildman–Crippen LogP) is 3.85. The SMILES string of the molecule is Cc1cccc(C(Nc2ccc(C)c(C)c2)C(=O)O)c1. The number of carbonyl (C=O) groups is 1. The first kappa shape index (κ1) is 14.1. The molecule has 0 heterocycles. The second-order valence-corrected chi connectivity index (χ2v) is 5.13. The van der Waals surface area contributed by atoms with Crippen LogP contribution in [-0.2, 0) is 4.79 Å². The van der Waals surface area contributed by atoms with E-state index < -0.39 is 12.0 Å². The highest BCUT2D eigenvalue weighted by atomic mass is 16.4. The summed E-state index contributed by atoms with van der Waals surface area (Å²) in [7, 11) is 0. The Morgan fingerprint density at radius 3 is 2.40 bits per heavy atom. The van der Waals surface area contributed by atoms with Crippen LogP contribution in [0.15, 0.2) is 42.5 Å². The molecule has 2 aromatic carbocycles. The molecule has 3 nitrogen and oxygen atoms in total. The molecule has 0 saturated carbocycles. The minimum absolute atomic E-state index is 0.739. The fraction of sp³-hybridized carbons (Fsp3) is 0.235. The molecule has 0 radical (unpaired) electrons. The van der Waals surface area contributed by atoms with Crippen molar-refractivity contribution in [1.82, 2.24) is 0 Å². The monoisotopic (exact) mass is 269 g/mol. The number of carboxylic acids is 1. The zero-order valence-corrected chi connectivity index (χ0v) is 12.0. The van der Waals surface area contributed by atoms with Crippen molar-refractivity contribution in [2.75, 3.05) is 5.32 Å². The van der Waals surface area contributed by atoms with E-state index in [4.69, 9.17) is 0 Å². The van der Waals surface area contributed by atoms with Crippen molar-refractivity contribution in [3.05, 3.63) is 64.7 Å². The van der Waals surface area contributed by atoms with Gasteiger partial charge >= 0.3 is 5.97 Å². The van der Waals surface area contributed by atoms with Crippen LogP contribution in [0.25, 0.3) is 0 Å². The van der Waals surface area contributed by atoms with E-state index in [1.165, 1.54) is 5.56 Å². The van der Waals surface area contributed by atoms with Crippen LogP contribution in [0.3, 0.4) is 0 Å². The van der Waals surface area contributed by atoms with E-state index in [-0.39, 0.29) is 0 Å². The van der Waals surface area contributed by atoms with Crippen molar-refractivity contribution >= 4 is 11.7 Å². The smallest absolute Gasteiger partial charge is 0.330 e. The summed E-state index contributed by atoms with van der Waals surface area (Å²) in [6, 6.07) is 12.7. The number of hydrogen-bond donors (Lipinski definition) is 2. The van der Waals surface area contributed by atoms with Gasteiger partial charge in [0.1, 0.15) is 0 Å². The quantitative estimate of drug-likeness (QED) is 0.886. The second kappa shape index (κ2) is 5.78. The lowest BCUT2D eigenvalue weighted by Crippen LogP contribution is -2.20. The number of rotatable bonds is 4. The lowest BCUT2D eigenvalue weighted by atomic mass is 10.0. The van der Waals surface area contributed by atoms with Gasteiger partial charge in [-0.3, -0.25) is 0 Å². The average molecular weight is 269 g/mol. The molecule has 0 saturated heterocycles. The van der Waals surface area contributed by atoms with Gasteiger partial charge in [0.15, 0.2) is 6.04 Å². The summed E-state index contributed by atoms with van der Waals surface area (Å²) in [4.78, 5) is 11.5. The third kappa shape index (κ3) is 3.18. The minimum atomic E-state index is -0.881. The molecule has 0 bridgehead atoms. The summed E-state index contributed by atoms with van der Waals surface area (Å²) in [5, 5.41) is 12.5. The van der Waals surface area contributed by atoms with E-state index in [1.807, 2.05) is 63.2 Å². The Labute approximate surface area is 119 Å². The molecule has 0 spiro atoms. The van der Waals surface area contributed by atoms with Crippen LogP contribution in [-0.4, -0.2) is 11.1 Å². The molecule has 104 valence electrons. The van der Waals surface area contributed by atoms with Gasteiger partial charge in [-0.15, -0.1) is 0 Å². The van der Waals surface area contributed by atoms with Crippen molar-refractivity contribution in [3.63, 3.8) is 0 Å². The van der Waals surface area contributed by atoms with E-state index in [1.54, 1.807) is 0 Å².